The quantitative estimate of drug-likeness (QED) is 0.845. The summed E-state index contributed by atoms with van der Waals surface area (Å²) in [5.41, 5.74) is 1.21. The fourth-order valence-electron chi connectivity index (χ4n) is 2.03. The van der Waals surface area contributed by atoms with Crippen LogP contribution in [0.4, 0.5) is 0 Å². The molecule has 1 N–H and O–H groups in total. The normalized spacial score (nSPS) is 23.2. The predicted octanol–water partition coefficient (Wildman–Crippen LogP) is 1.47. The van der Waals surface area contributed by atoms with Crippen LogP contribution in [0.1, 0.15) is 18.5 Å². The van der Waals surface area contributed by atoms with Crippen molar-refractivity contribution in [3.8, 4) is 0 Å². The van der Waals surface area contributed by atoms with Gasteiger partial charge in [0.25, 0.3) is 0 Å². The Morgan fingerprint density at radius 2 is 2.60 bits per heavy atom. The molecule has 0 aromatic carbocycles. The Morgan fingerprint density at radius 1 is 1.73 bits per heavy atom. The lowest BCUT2D eigenvalue weighted by molar-refractivity contribution is 0.111. The van der Waals surface area contributed by atoms with Gasteiger partial charge < -0.3 is 5.11 Å². The number of nitrogens with zero attached hydrogens (tertiary/aromatic N) is 2. The van der Waals surface area contributed by atoms with Gasteiger partial charge in [0, 0.05) is 18.9 Å². The van der Waals surface area contributed by atoms with Gasteiger partial charge in [-0.25, -0.2) is 0 Å². The van der Waals surface area contributed by atoms with Crippen LogP contribution in [0.5, 0.6) is 0 Å². The molecule has 1 fully saturated rings. The van der Waals surface area contributed by atoms with E-state index in [4.69, 9.17) is 0 Å². The van der Waals surface area contributed by atoms with Crippen LogP contribution in [0.2, 0.25) is 0 Å². The Morgan fingerprint density at radius 3 is 3.20 bits per heavy atom. The summed E-state index contributed by atoms with van der Waals surface area (Å²) in [4.78, 5) is 0. The van der Waals surface area contributed by atoms with Crippen molar-refractivity contribution < 1.29 is 5.11 Å². The maximum absolute atomic E-state index is 10.00. The molecule has 2 atom stereocenters. The van der Waals surface area contributed by atoms with E-state index >= 15 is 0 Å². The van der Waals surface area contributed by atoms with Crippen molar-refractivity contribution in [2.75, 3.05) is 11.5 Å². The molecule has 1 aromatic rings. The molecule has 4 heteroatoms. The summed E-state index contributed by atoms with van der Waals surface area (Å²) in [5.74, 6) is 2.86. The minimum Gasteiger partial charge on any atom is -0.393 e. The lowest BCUT2D eigenvalue weighted by Crippen LogP contribution is -2.21. The average Bonchev–Trinajstić information content (AvgIpc) is 2.85. The lowest BCUT2D eigenvalue weighted by atomic mass is 9.97. The van der Waals surface area contributed by atoms with Gasteiger partial charge in [0.15, 0.2) is 0 Å². The second-order valence-corrected chi connectivity index (χ2v) is 5.33. The van der Waals surface area contributed by atoms with E-state index in [1.54, 1.807) is 0 Å². The summed E-state index contributed by atoms with van der Waals surface area (Å²) in [6.45, 7) is 0. The summed E-state index contributed by atoms with van der Waals surface area (Å²) in [7, 11) is 1.95. The first-order valence-corrected chi connectivity index (χ1v) is 6.65. The smallest absolute Gasteiger partial charge is 0.0580 e. The van der Waals surface area contributed by atoms with E-state index < -0.39 is 0 Å². The van der Waals surface area contributed by atoms with E-state index in [1.165, 1.54) is 17.9 Å². The number of hydrogen-bond acceptors (Lipinski definition) is 3. The number of aromatic nitrogens is 2. The summed E-state index contributed by atoms with van der Waals surface area (Å²) in [6, 6.07) is 2.02. The molecular formula is C11H18N2OS. The lowest BCUT2D eigenvalue weighted by Gasteiger charge is -2.16. The third kappa shape index (κ3) is 2.75. The molecule has 0 spiro atoms. The van der Waals surface area contributed by atoms with Crippen LogP contribution in [-0.2, 0) is 13.5 Å². The second kappa shape index (κ2) is 5.03. The minimum atomic E-state index is -0.130. The van der Waals surface area contributed by atoms with Crippen molar-refractivity contribution in [1.82, 2.24) is 9.78 Å². The van der Waals surface area contributed by atoms with Crippen molar-refractivity contribution >= 4 is 11.8 Å². The highest BCUT2D eigenvalue weighted by atomic mass is 32.2. The molecule has 0 saturated carbocycles. The molecule has 1 aliphatic rings. The Hall–Kier alpha value is -0.480. The fourth-order valence-corrected chi connectivity index (χ4v) is 3.36. The Balaban J connectivity index is 1.80. The average molecular weight is 226 g/mol. The number of aliphatic hydroxyl groups excluding tert-OH is 1. The molecule has 2 heterocycles. The molecule has 84 valence electrons. The van der Waals surface area contributed by atoms with Crippen molar-refractivity contribution in [3.63, 3.8) is 0 Å². The van der Waals surface area contributed by atoms with Crippen LogP contribution in [0.15, 0.2) is 12.3 Å². The van der Waals surface area contributed by atoms with Crippen molar-refractivity contribution in [2.45, 2.75) is 25.4 Å². The molecule has 2 unspecified atom stereocenters. The van der Waals surface area contributed by atoms with E-state index in [2.05, 4.69) is 5.10 Å². The largest absolute Gasteiger partial charge is 0.393 e. The maximum atomic E-state index is 10.00. The van der Waals surface area contributed by atoms with Crippen LogP contribution in [0.3, 0.4) is 0 Å². The number of rotatable bonds is 4. The predicted molar refractivity (Wildman–Crippen MR) is 63.0 cm³/mol. The molecule has 0 radical (unpaired) electrons. The zero-order valence-electron chi connectivity index (χ0n) is 9.09. The number of aliphatic hydroxyl groups is 1. The molecule has 3 nitrogen and oxygen atoms in total. The minimum absolute atomic E-state index is 0.130. The number of hydrogen-bond donors (Lipinski definition) is 1. The second-order valence-electron chi connectivity index (χ2n) is 4.18. The highest BCUT2D eigenvalue weighted by Crippen LogP contribution is 2.27. The van der Waals surface area contributed by atoms with Gasteiger partial charge in [-0.05, 0) is 42.8 Å². The van der Waals surface area contributed by atoms with Crippen LogP contribution in [0, 0.1) is 5.92 Å². The van der Waals surface area contributed by atoms with Gasteiger partial charge in [-0.3, -0.25) is 4.68 Å². The van der Waals surface area contributed by atoms with E-state index in [0.29, 0.717) is 5.92 Å². The van der Waals surface area contributed by atoms with Crippen LogP contribution >= 0.6 is 11.8 Å². The maximum Gasteiger partial charge on any atom is 0.0580 e. The molecule has 0 aliphatic carbocycles. The van der Waals surface area contributed by atoms with Crippen molar-refractivity contribution in [1.29, 1.82) is 0 Å². The molecular weight excluding hydrogens is 208 g/mol. The fraction of sp³-hybridized carbons (Fsp3) is 0.727. The van der Waals surface area contributed by atoms with Gasteiger partial charge in [-0.1, -0.05) is 0 Å². The highest BCUT2D eigenvalue weighted by molar-refractivity contribution is 7.99. The first-order valence-electron chi connectivity index (χ1n) is 5.50. The third-order valence-corrected chi connectivity index (χ3v) is 4.32. The zero-order chi connectivity index (χ0) is 10.7. The molecule has 2 rings (SSSR count). The van der Waals surface area contributed by atoms with Crippen LogP contribution < -0.4 is 0 Å². The van der Waals surface area contributed by atoms with E-state index in [-0.39, 0.29) is 6.10 Å². The van der Waals surface area contributed by atoms with Gasteiger partial charge in [-0.2, -0.15) is 16.9 Å². The first kappa shape index (κ1) is 11.0. The number of thioether (sulfide) groups is 1. The zero-order valence-corrected chi connectivity index (χ0v) is 9.91. The monoisotopic (exact) mass is 226 g/mol. The first-order chi connectivity index (χ1) is 7.27. The van der Waals surface area contributed by atoms with E-state index in [0.717, 1.165) is 18.6 Å². The van der Waals surface area contributed by atoms with Gasteiger partial charge in [0.2, 0.25) is 0 Å². The van der Waals surface area contributed by atoms with Gasteiger partial charge >= 0.3 is 0 Å². The molecule has 1 aromatic heterocycles. The van der Waals surface area contributed by atoms with E-state index in [1.807, 2.05) is 35.8 Å². The van der Waals surface area contributed by atoms with Gasteiger partial charge in [0.1, 0.15) is 0 Å². The standard InChI is InChI=1S/C11H18N2OS/c1-13-10(4-6-12-13)2-3-11(14)9-5-7-15-8-9/h4,6,9,11,14H,2-3,5,7-8H2,1H3. The molecule has 1 aliphatic heterocycles. The molecule has 0 bridgehead atoms. The summed E-state index contributed by atoms with van der Waals surface area (Å²) in [5, 5.41) is 14.1. The Kier molecular flexibility index (Phi) is 3.70. The third-order valence-electron chi connectivity index (χ3n) is 3.13. The highest BCUT2D eigenvalue weighted by Gasteiger charge is 2.23. The summed E-state index contributed by atoms with van der Waals surface area (Å²) < 4.78 is 1.89. The Bertz CT molecular complexity index is 307. The molecule has 15 heavy (non-hydrogen) atoms. The van der Waals surface area contributed by atoms with Gasteiger partial charge in [-0.15, -0.1) is 0 Å². The van der Waals surface area contributed by atoms with Crippen LogP contribution in [0.25, 0.3) is 0 Å². The topological polar surface area (TPSA) is 38.0 Å². The SMILES string of the molecule is Cn1nccc1CCC(O)C1CCSC1. The van der Waals surface area contributed by atoms with Crippen molar-refractivity contribution in [2.24, 2.45) is 13.0 Å². The summed E-state index contributed by atoms with van der Waals surface area (Å²) >= 11 is 1.96. The number of aryl methyl sites for hydroxylation is 2. The Labute approximate surface area is 94.9 Å². The van der Waals surface area contributed by atoms with E-state index in [9.17, 15) is 5.11 Å². The molecule has 0 amide bonds. The van der Waals surface area contributed by atoms with Crippen LogP contribution in [-0.4, -0.2) is 32.5 Å². The molecule has 1 saturated heterocycles. The van der Waals surface area contributed by atoms with Gasteiger partial charge in [0.05, 0.1) is 6.10 Å². The summed E-state index contributed by atoms with van der Waals surface area (Å²) in [6.07, 6.45) is 4.66. The van der Waals surface area contributed by atoms with Crippen molar-refractivity contribution in [3.05, 3.63) is 18.0 Å².